The summed E-state index contributed by atoms with van der Waals surface area (Å²) in [6.07, 6.45) is 1.54. The van der Waals surface area contributed by atoms with Crippen molar-refractivity contribution in [2.75, 3.05) is 0 Å². The zero-order valence-electron chi connectivity index (χ0n) is 12.6. The van der Waals surface area contributed by atoms with E-state index in [1.807, 2.05) is 0 Å². The standard InChI is InChI=1S/C14H12N6O3/c1-17-10-8(12(22)19(3)14(17)23)20-9-7(5-4-6-15-9)11(21)18(2)13(20)16-10/h4-6H,1-3H3. The molecule has 0 unspecified atom stereocenters. The molecule has 116 valence electrons. The largest absolute Gasteiger partial charge is 0.332 e. The highest BCUT2D eigenvalue weighted by molar-refractivity contribution is 5.85. The lowest BCUT2D eigenvalue weighted by Crippen LogP contribution is -2.37. The van der Waals surface area contributed by atoms with Crippen molar-refractivity contribution in [3.8, 4) is 0 Å². The number of hydrogen-bond acceptors (Lipinski definition) is 5. The Morgan fingerprint density at radius 3 is 2.39 bits per heavy atom. The lowest BCUT2D eigenvalue weighted by Gasteiger charge is -2.06. The summed E-state index contributed by atoms with van der Waals surface area (Å²) in [4.78, 5) is 45.7. The maximum atomic E-state index is 12.6. The van der Waals surface area contributed by atoms with Gasteiger partial charge in [0.15, 0.2) is 16.8 Å². The van der Waals surface area contributed by atoms with Crippen molar-refractivity contribution in [1.82, 2.24) is 28.1 Å². The molecule has 4 rings (SSSR count). The number of fused-ring (bicyclic) bond motifs is 5. The smallest absolute Gasteiger partial charge is 0.281 e. The first-order chi connectivity index (χ1) is 10.9. The molecule has 4 aromatic rings. The van der Waals surface area contributed by atoms with Crippen molar-refractivity contribution in [2.45, 2.75) is 0 Å². The second kappa shape index (κ2) is 4.15. The number of nitrogens with zero attached hydrogens (tertiary/aromatic N) is 6. The summed E-state index contributed by atoms with van der Waals surface area (Å²) in [6.45, 7) is 0. The first kappa shape index (κ1) is 13.4. The SMILES string of the molecule is Cn1c(=O)c2c(nc3n(C)c(=O)c4cccnc4n23)n(C)c1=O. The van der Waals surface area contributed by atoms with Gasteiger partial charge in [0.2, 0.25) is 5.78 Å². The molecule has 0 N–H and O–H groups in total. The monoisotopic (exact) mass is 312 g/mol. The van der Waals surface area contributed by atoms with Crippen LogP contribution in [0.25, 0.3) is 28.0 Å². The normalized spacial score (nSPS) is 11.8. The lowest BCUT2D eigenvalue weighted by molar-refractivity contribution is 0.708. The van der Waals surface area contributed by atoms with E-state index in [2.05, 4.69) is 9.97 Å². The van der Waals surface area contributed by atoms with Crippen LogP contribution in [0.15, 0.2) is 32.7 Å². The van der Waals surface area contributed by atoms with Crippen LogP contribution < -0.4 is 16.8 Å². The van der Waals surface area contributed by atoms with Crippen molar-refractivity contribution in [3.63, 3.8) is 0 Å². The van der Waals surface area contributed by atoms with E-state index in [1.165, 1.54) is 27.6 Å². The number of hydrogen-bond donors (Lipinski definition) is 0. The molecule has 0 aliphatic carbocycles. The van der Waals surface area contributed by atoms with Gasteiger partial charge >= 0.3 is 5.69 Å². The Bertz CT molecular complexity index is 1300. The molecule has 0 aliphatic rings. The van der Waals surface area contributed by atoms with Crippen molar-refractivity contribution < 1.29 is 0 Å². The number of aryl methyl sites for hydroxylation is 2. The third-order valence-corrected chi connectivity index (χ3v) is 4.07. The van der Waals surface area contributed by atoms with Crippen LogP contribution in [0.4, 0.5) is 0 Å². The first-order valence-corrected chi connectivity index (χ1v) is 6.85. The maximum Gasteiger partial charge on any atom is 0.332 e. The molecule has 4 aromatic heterocycles. The molecule has 23 heavy (non-hydrogen) atoms. The molecule has 0 atom stereocenters. The van der Waals surface area contributed by atoms with Crippen LogP contribution in [-0.2, 0) is 21.1 Å². The highest BCUT2D eigenvalue weighted by Crippen LogP contribution is 2.15. The summed E-state index contributed by atoms with van der Waals surface area (Å²) < 4.78 is 5.15. The van der Waals surface area contributed by atoms with Crippen LogP contribution in [0.1, 0.15) is 0 Å². The van der Waals surface area contributed by atoms with Crippen LogP contribution in [0.3, 0.4) is 0 Å². The fraction of sp³-hybridized carbons (Fsp3) is 0.214. The Morgan fingerprint density at radius 2 is 1.65 bits per heavy atom. The van der Waals surface area contributed by atoms with Gasteiger partial charge in [-0.3, -0.25) is 27.7 Å². The minimum Gasteiger partial charge on any atom is -0.281 e. The lowest BCUT2D eigenvalue weighted by atomic mass is 10.3. The van der Waals surface area contributed by atoms with Gasteiger partial charge < -0.3 is 0 Å². The van der Waals surface area contributed by atoms with Crippen LogP contribution in [0, 0.1) is 0 Å². The molecular weight excluding hydrogens is 300 g/mol. The molecule has 0 bridgehead atoms. The Balaban J connectivity index is 2.53. The second-order valence-corrected chi connectivity index (χ2v) is 5.36. The molecule has 0 aromatic carbocycles. The summed E-state index contributed by atoms with van der Waals surface area (Å²) in [5, 5.41) is 0.373. The quantitative estimate of drug-likeness (QED) is 0.420. The van der Waals surface area contributed by atoms with Gasteiger partial charge in [-0.1, -0.05) is 0 Å². The second-order valence-electron chi connectivity index (χ2n) is 5.36. The summed E-state index contributed by atoms with van der Waals surface area (Å²) in [5.41, 5.74) is -0.467. The first-order valence-electron chi connectivity index (χ1n) is 6.85. The number of imidazole rings is 1. The van der Waals surface area contributed by atoms with Gasteiger partial charge in [-0.15, -0.1) is 0 Å². The zero-order chi connectivity index (χ0) is 16.5. The zero-order valence-corrected chi connectivity index (χ0v) is 12.6. The Labute approximate surface area is 127 Å². The van der Waals surface area contributed by atoms with Crippen LogP contribution in [0.5, 0.6) is 0 Å². The van der Waals surface area contributed by atoms with Crippen molar-refractivity contribution in [3.05, 3.63) is 49.5 Å². The van der Waals surface area contributed by atoms with Gasteiger partial charge in [0.1, 0.15) is 0 Å². The fourth-order valence-corrected chi connectivity index (χ4v) is 2.82. The van der Waals surface area contributed by atoms with E-state index >= 15 is 0 Å². The summed E-state index contributed by atoms with van der Waals surface area (Å²) >= 11 is 0. The van der Waals surface area contributed by atoms with Gasteiger partial charge in [-0.2, -0.15) is 4.98 Å². The maximum absolute atomic E-state index is 12.6. The molecule has 0 saturated heterocycles. The van der Waals surface area contributed by atoms with Crippen LogP contribution >= 0.6 is 0 Å². The van der Waals surface area contributed by atoms with E-state index in [0.717, 1.165) is 4.57 Å². The minimum absolute atomic E-state index is 0.212. The third kappa shape index (κ3) is 1.48. The van der Waals surface area contributed by atoms with Crippen molar-refractivity contribution >= 4 is 28.0 Å². The van der Waals surface area contributed by atoms with Gasteiger partial charge in [0.25, 0.3) is 11.1 Å². The molecule has 9 heteroatoms. The molecular formula is C14H12N6O3. The minimum atomic E-state index is -0.485. The van der Waals surface area contributed by atoms with E-state index in [0.29, 0.717) is 11.0 Å². The van der Waals surface area contributed by atoms with E-state index in [-0.39, 0.29) is 22.5 Å². The van der Waals surface area contributed by atoms with Crippen LogP contribution in [0.2, 0.25) is 0 Å². The van der Waals surface area contributed by atoms with Crippen molar-refractivity contribution in [2.24, 2.45) is 21.1 Å². The van der Waals surface area contributed by atoms with E-state index in [1.54, 1.807) is 25.4 Å². The topological polar surface area (TPSA) is 96.2 Å². The molecule has 0 radical (unpaired) electrons. The molecule has 0 fully saturated rings. The van der Waals surface area contributed by atoms with E-state index < -0.39 is 11.2 Å². The number of rotatable bonds is 0. The van der Waals surface area contributed by atoms with Crippen molar-refractivity contribution in [1.29, 1.82) is 0 Å². The predicted molar refractivity (Wildman–Crippen MR) is 83.7 cm³/mol. The highest BCUT2D eigenvalue weighted by atomic mass is 16.2. The summed E-state index contributed by atoms with van der Waals surface area (Å²) in [6, 6.07) is 3.30. The Kier molecular flexibility index (Phi) is 2.43. The number of aromatic nitrogens is 6. The van der Waals surface area contributed by atoms with Gasteiger partial charge in [-0.05, 0) is 12.1 Å². The third-order valence-electron chi connectivity index (χ3n) is 4.07. The summed E-state index contributed by atoms with van der Waals surface area (Å²) in [5.74, 6) is 0.259. The van der Waals surface area contributed by atoms with E-state index in [4.69, 9.17) is 0 Å². The molecule has 0 spiro atoms. The van der Waals surface area contributed by atoms with Gasteiger partial charge in [0, 0.05) is 27.3 Å². The molecule has 0 saturated carbocycles. The molecule has 0 amide bonds. The number of pyridine rings is 1. The molecule has 4 heterocycles. The van der Waals surface area contributed by atoms with Gasteiger partial charge in [0.05, 0.1) is 5.39 Å². The molecule has 9 nitrogen and oxygen atoms in total. The highest BCUT2D eigenvalue weighted by Gasteiger charge is 2.20. The fourth-order valence-electron chi connectivity index (χ4n) is 2.82. The average molecular weight is 312 g/mol. The van der Waals surface area contributed by atoms with E-state index in [9.17, 15) is 14.4 Å². The van der Waals surface area contributed by atoms with Crippen LogP contribution in [-0.4, -0.2) is 28.1 Å². The Morgan fingerprint density at radius 1 is 0.913 bits per heavy atom. The molecule has 0 aliphatic heterocycles. The Hall–Kier alpha value is -3.23. The summed E-state index contributed by atoms with van der Waals surface area (Å²) in [7, 11) is 4.50. The van der Waals surface area contributed by atoms with Gasteiger partial charge in [-0.25, -0.2) is 9.78 Å². The average Bonchev–Trinajstić information content (AvgIpc) is 2.97. The predicted octanol–water partition coefficient (Wildman–Crippen LogP) is -0.868.